The topological polar surface area (TPSA) is 35.7 Å². The van der Waals surface area contributed by atoms with Crippen LogP contribution >= 0.6 is 0 Å². The van der Waals surface area contributed by atoms with Gasteiger partial charge in [-0.1, -0.05) is 20.8 Å². The first-order valence-electron chi connectivity index (χ1n) is 8.60. The largest absolute Gasteiger partial charge is 0.329 e. The first kappa shape index (κ1) is 16.2. The van der Waals surface area contributed by atoms with Gasteiger partial charge in [0.2, 0.25) is 0 Å². The highest BCUT2D eigenvalue weighted by atomic mass is 15.3. The fraction of sp³-hybridized carbons (Fsp3) is 1.00. The molecule has 118 valence electrons. The molecule has 0 aromatic carbocycles. The number of nitrogens with zero attached hydrogens (tertiary/aromatic N) is 3. The maximum absolute atomic E-state index is 6.22. The van der Waals surface area contributed by atoms with Gasteiger partial charge in [-0.05, 0) is 52.0 Å². The highest BCUT2D eigenvalue weighted by molar-refractivity contribution is 5.00. The van der Waals surface area contributed by atoms with E-state index in [1.165, 1.54) is 65.1 Å². The molecule has 0 bridgehead atoms. The van der Waals surface area contributed by atoms with E-state index in [0.29, 0.717) is 0 Å². The predicted octanol–water partition coefficient (Wildman–Crippen LogP) is 1.22. The molecule has 0 aliphatic carbocycles. The van der Waals surface area contributed by atoms with Gasteiger partial charge in [0.1, 0.15) is 0 Å². The summed E-state index contributed by atoms with van der Waals surface area (Å²) in [7, 11) is 0. The number of piperidine rings is 1. The first-order valence-corrected chi connectivity index (χ1v) is 8.60. The summed E-state index contributed by atoms with van der Waals surface area (Å²) in [5, 5.41) is 0. The maximum Gasteiger partial charge on any atom is 0.0356 e. The molecular weight excluding hydrogens is 248 g/mol. The lowest BCUT2D eigenvalue weighted by Crippen LogP contribution is -2.59. The van der Waals surface area contributed by atoms with Crippen molar-refractivity contribution in [3.05, 3.63) is 0 Å². The molecule has 4 nitrogen and oxygen atoms in total. The molecule has 2 fully saturated rings. The third kappa shape index (κ3) is 3.19. The van der Waals surface area contributed by atoms with Gasteiger partial charge in [-0.25, -0.2) is 0 Å². The van der Waals surface area contributed by atoms with Crippen LogP contribution in [0.1, 0.15) is 40.0 Å². The van der Waals surface area contributed by atoms with Crippen LogP contribution in [0.4, 0.5) is 0 Å². The normalized spacial score (nSPS) is 28.4. The van der Waals surface area contributed by atoms with Gasteiger partial charge in [0.25, 0.3) is 0 Å². The van der Waals surface area contributed by atoms with Crippen LogP contribution in [-0.4, -0.2) is 78.6 Å². The molecule has 0 spiro atoms. The van der Waals surface area contributed by atoms with Crippen LogP contribution in [0, 0.1) is 0 Å². The van der Waals surface area contributed by atoms with E-state index in [9.17, 15) is 0 Å². The van der Waals surface area contributed by atoms with E-state index < -0.39 is 0 Å². The molecule has 20 heavy (non-hydrogen) atoms. The molecule has 2 rings (SSSR count). The van der Waals surface area contributed by atoms with Crippen LogP contribution in [0.5, 0.6) is 0 Å². The fourth-order valence-corrected chi connectivity index (χ4v) is 4.15. The van der Waals surface area contributed by atoms with Gasteiger partial charge in [-0.3, -0.25) is 9.80 Å². The molecule has 2 aliphatic heterocycles. The molecule has 2 saturated heterocycles. The molecule has 2 aliphatic rings. The van der Waals surface area contributed by atoms with Gasteiger partial charge >= 0.3 is 0 Å². The summed E-state index contributed by atoms with van der Waals surface area (Å²) in [6.07, 6.45) is 3.82. The van der Waals surface area contributed by atoms with Crippen molar-refractivity contribution in [1.29, 1.82) is 0 Å². The average molecular weight is 282 g/mol. The summed E-state index contributed by atoms with van der Waals surface area (Å²) in [6.45, 7) is 16.1. The lowest BCUT2D eigenvalue weighted by atomic mass is 9.86. The summed E-state index contributed by atoms with van der Waals surface area (Å²) in [5.74, 6) is 0. The van der Waals surface area contributed by atoms with E-state index in [2.05, 4.69) is 35.5 Å². The van der Waals surface area contributed by atoms with E-state index in [1.807, 2.05) is 0 Å². The molecule has 0 saturated carbocycles. The highest BCUT2D eigenvalue weighted by Crippen LogP contribution is 2.32. The summed E-state index contributed by atoms with van der Waals surface area (Å²) in [4.78, 5) is 7.90. The Morgan fingerprint density at radius 3 is 2.25 bits per heavy atom. The van der Waals surface area contributed by atoms with Crippen LogP contribution in [0.2, 0.25) is 0 Å². The van der Waals surface area contributed by atoms with E-state index in [0.717, 1.165) is 12.6 Å². The van der Waals surface area contributed by atoms with Crippen molar-refractivity contribution < 1.29 is 0 Å². The Balaban J connectivity index is 1.96. The van der Waals surface area contributed by atoms with Crippen molar-refractivity contribution in [3.8, 4) is 0 Å². The second-order valence-electron chi connectivity index (χ2n) is 6.47. The standard InChI is InChI=1S/C16H34N4/c1-4-18-11-8-16(14-17,9-12-18)20-10-7-15(13-20)19(5-2)6-3/h15H,4-14,17H2,1-3H3. The van der Waals surface area contributed by atoms with E-state index >= 15 is 0 Å². The fourth-order valence-electron chi connectivity index (χ4n) is 4.15. The zero-order chi connectivity index (χ0) is 14.6. The molecule has 4 heteroatoms. The molecule has 0 aromatic rings. The Bertz CT molecular complexity index is 282. The number of likely N-dealkylation sites (N-methyl/N-ethyl adjacent to an activating group) is 1. The van der Waals surface area contributed by atoms with E-state index in [1.54, 1.807) is 0 Å². The Kier molecular flexibility index (Phi) is 5.84. The summed E-state index contributed by atoms with van der Waals surface area (Å²) in [5.41, 5.74) is 6.50. The zero-order valence-corrected chi connectivity index (χ0v) is 13.8. The Morgan fingerprint density at radius 1 is 1.10 bits per heavy atom. The van der Waals surface area contributed by atoms with Crippen LogP contribution in [0.15, 0.2) is 0 Å². The van der Waals surface area contributed by atoms with Gasteiger partial charge in [0.05, 0.1) is 0 Å². The van der Waals surface area contributed by atoms with Crippen LogP contribution in [0.25, 0.3) is 0 Å². The van der Waals surface area contributed by atoms with E-state index in [-0.39, 0.29) is 5.54 Å². The van der Waals surface area contributed by atoms with Crippen LogP contribution < -0.4 is 5.73 Å². The number of hydrogen-bond donors (Lipinski definition) is 1. The van der Waals surface area contributed by atoms with Crippen molar-refractivity contribution in [2.45, 2.75) is 51.6 Å². The summed E-state index contributed by atoms with van der Waals surface area (Å²) >= 11 is 0. The lowest BCUT2D eigenvalue weighted by molar-refractivity contribution is 0.0396. The molecule has 0 radical (unpaired) electrons. The second kappa shape index (κ2) is 7.21. The lowest BCUT2D eigenvalue weighted by Gasteiger charge is -2.47. The monoisotopic (exact) mass is 282 g/mol. The number of nitrogens with two attached hydrogens (primary N) is 1. The van der Waals surface area contributed by atoms with Crippen LogP contribution in [0.3, 0.4) is 0 Å². The van der Waals surface area contributed by atoms with Crippen molar-refractivity contribution >= 4 is 0 Å². The van der Waals surface area contributed by atoms with Crippen LogP contribution in [-0.2, 0) is 0 Å². The third-order valence-corrected chi connectivity index (χ3v) is 5.78. The molecule has 2 N–H and O–H groups in total. The summed E-state index contributed by atoms with van der Waals surface area (Å²) in [6, 6.07) is 0.748. The predicted molar refractivity (Wildman–Crippen MR) is 86.0 cm³/mol. The summed E-state index contributed by atoms with van der Waals surface area (Å²) < 4.78 is 0. The molecular formula is C16H34N4. The molecule has 0 aromatic heterocycles. The first-order chi connectivity index (χ1) is 9.69. The minimum Gasteiger partial charge on any atom is -0.329 e. The SMILES string of the molecule is CCN1CCC(CN)(N2CCC(N(CC)CC)C2)CC1. The van der Waals surface area contributed by atoms with Gasteiger partial charge < -0.3 is 10.6 Å². The van der Waals surface area contributed by atoms with Crippen molar-refractivity contribution in [3.63, 3.8) is 0 Å². The molecule has 1 unspecified atom stereocenters. The minimum atomic E-state index is 0.285. The highest BCUT2D eigenvalue weighted by Gasteiger charge is 2.42. The second-order valence-corrected chi connectivity index (χ2v) is 6.47. The van der Waals surface area contributed by atoms with Crippen molar-refractivity contribution in [2.75, 3.05) is 52.4 Å². The zero-order valence-electron chi connectivity index (χ0n) is 13.8. The smallest absolute Gasteiger partial charge is 0.0356 e. The van der Waals surface area contributed by atoms with Gasteiger partial charge in [-0.15, -0.1) is 0 Å². The average Bonchev–Trinajstić information content (AvgIpc) is 2.99. The number of likely N-dealkylation sites (tertiary alicyclic amines) is 2. The van der Waals surface area contributed by atoms with E-state index in [4.69, 9.17) is 5.73 Å². The molecule has 0 amide bonds. The quantitative estimate of drug-likeness (QED) is 0.794. The van der Waals surface area contributed by atoms with Crippen molar-refractivity contribution in [2.24, 2.45) is 5.73 Å². The Hall–Kier alpha value is -0.160. The van der Waals surface area contributed by atoms with Gasteiger partial charge in [-0.2, -0.15) is 0 Å². The molecule has 1 atom stereocenters. The van der Waals surface area contributed by atoms with Gasteiger partial charge in [0, 0.05) is 31.2 Å². The van der Waals surface area contributed by atoms with Gasteiger partial charge in [0.15, 0.2) is 0 Å². The maximum atomic E-state index is 6.22. The minimum absolute atomic E-state index is 0.285. The number of hydrogen-bond acceptors (Lipinski definition) is 4. The third-order valence-electron chi connectivity index (χ3n) is 5.78. The molecule has 2 heterocycles. The number of rotatable bonds is 6. The van der Waals surface area contributed by atoms with Crippen molar-refractivity contribution in [1.82, 2.24) is 14.7 Å². The Morgan fingerprint density at radius 2 is 1.75 bits per heavy atom. The Labute approximate surface area is 125 Å².